The topological polar surface area (TPSA) is 41.8 Å². The van der Waals surface area contributed by atoms with Crippen LogP contribution in [0.4, 0.5) is 4.39 Å². The van der Waals surface area contributed by atoms with Crippen molar-refractivity contribution in [2.75, 3.05) is 0 Å². The van der Waals surface area contributed by atoms with Crippen molar-refractivity contribution in [2.24, 2.45) is 11.1 Å². The van der Waals surface area contributed by atoms with E-state index in [4.69, 9.17) is 9.94 Å². The molecule has 0 aromatic carbocycles. The molecule has 0 radical (unpaired) electrons. The summed E-state index contributed by atoms with van der Waals surface area (Å²) in [6.45, 7) is 1.64. The lowest BCUT2D eigenvalue weighted by molar-refractivity contribution is 0.0492. The molecule has 1 fully saturated rings. The van der Waals surface area contributed by atoms with Gasteiger partial charge in [0.15, 0.2) is 0 Å². The lowest BCUT2D eigenvalue weighted by atomic mass is 9.93. The van der Waals surface area contributed by atoms with Crippen molar-refractivity contribution < 1.29 is 14.3 Å². The molecule has 0 spiro atoms. The van der Waals surface area contributed by atoms with E-state index in [2.05, 4.69) is 17.0 Å². The summed E-state index contributed by atoms with van der Waals surface area (Å²) in [7, 11) is 0. The van der Waals surface area contributed by atoms with Gasteiger partial charge in [-0.3, -0.25) is 0 Å². The van der Waals surface area contributed by atoms with Crippen LogP contribution in [0.3, 0.4) is 0 Å². The molecular weight excluding hydrogens is 233 g/mol. The lowest BCUT2D eigenvalue weighted by Crippen LogP contribution is -2.20. The number of allylic oxidation sites excluding steroid dienone is 3. The Hall–Kier alpha value is -1.60. The van der Waals surface area contributed by atoms with Crippen molar-refractivity contribution in [3.63, 3.8) is 0 Å². The molecular formula is C14H16FNO2. The second-order valence-electron chi connectivity index (χ2n) is 4.54. The Labute approximate surface area is 106 Å². The number of hydrogen-bond acceptors (Lipinski definition) is 3. The molecule has 18 heavy (non-hydrogen) atoms. The third kappa shape index (κ3) is 3.21. The zero-order valence-electron chi connectivity index (χ0n) is 10.3. The van der Waals surface area contributed by atoms with Gasteiger partial charge in [0.05, 0.1) is 6.10 Å². The minimum Gasteiger partial charge on any atom is -0.410 e. The van der Waals surface area contributed by atoms with Crippen LogP contribution in [0, 0.1) is 17.8 Å². The number of ether oxygens (including phenoxy) is 1. The lowest BCUT2D eigenvalue weighted by Gasteiger charge is -2.20. The van der Waals surface area contributed by atoms with E-state index in [1.807, 2.05) is 6.08 Å². The molecule has 0 aromatic rings. The second kappa shape index (κ2) is 5.83. The van der Waals surface area contributed by atoms with E-state index < -0.39 is 0 Å². The Morgan fingerprint density at radius 3 is 3.06 bits per heavy atom. The third-order valence-corrected chi connectivity index (χ3v) is 3.18. The fourth-order valence-corrected chi connectivity index (χ4v) is 2.18. The molecule has 1 aliphatic carbocycles. The van der Waals surface area contributed by atoms with Gasteiger partial charge < -0.3 is 9.94 Å². The molecule has 1 aliphatic heterocycles. The summed E-state index contributed by atoms with van der Waals surface area (Å²) in [5.41, 5.74) is 0.379. The predicted molar refractivity (Wildman–Crippen MR) is 67.0 cm³/mol. The number of rotatable bonds is 1. The average molecular weight is 249 g/mol. The average Bonchev–Trinajstić information content (AvgIpc) is 2.85. The molecule has 2 aliphatic rings. The van der Waals surface area contributed by atoms with Crippen LogP contribution in [-0.2, 0) is 4.74 Å². The highest BCUT2D eigenvalue weighted by Gasteiger charge is 2.29. The van der Waals surface area contributed by atoms with Gasteiger partial charge in [-0.1, -0.05) is 17.2 Å². The third-order valence-electron chi connectivity index (χ3n) is 3.18. The Kier molecular flexibility index (Phi) is 4.16. The molecule has 0 bridgehead atoms. The normalized spacial score (nSPS) is 31.8. The van der Waals surface area contributed by atoms with Crippen LogP contribution in [0.15, 0.2) is 29.2 Å². The highest BCUT2D eigenvalue weighted by Crippen LogP contribution is 2.30. The van der Waals surface area contributed by atoms with Crippen LogP contribution >= 0.6 is 0 Å². The molecule has 0 amide bonds. The summed E-state index contributed by atoms with van der Waals surface area (Å²) < 4.78 is 18.7. The Bertz CT molecular complexity index is 456. The minimum absolute atomic E-state index is 0.108. The van der Waals surface area contributed by atoms with Gasteiger partial charge in [0.2, 0.25) is 0 Å². The van der Waals surface area contributed by atoms with E-state index in [-0.39, 0.29) is 24.0 Å². The fourth-order valence-electron chi connectivity index (χ4n) is 2.18. The number of nitrogens with zero attached hydrogens (tertiary/aromatic N) is 1. The van der Waals surface area contributed by atoms with Gasteiger partial charge in [0, 0.05) is 5.92 Å². The van der Waals surface area contributed by atoms with E-state index in [0.717, 1.165) is 12.8 Å². The van der Waals surface area contributed by atoms with E-state index in [0.29, 0.717) is 12.1 Å². The minimum atomic E-state index is -0.171. The van der Waals surface area contributed by atoms with Crippen LogP contribution in [0.1, 0.15) is 26.2 Å². The highest BCUT2D eigenvalue weighted by molar-refractivity contribution is 5.97. The quantitative estimate of drug-likeness (QED) is 0.336. The SMILES string of the molecule is C/C(C#CC1CCC(C2C=CC(F)=CC2)O1)=N/O. The van der Waals surface area contributed by atoms with E-state index >= 15 is 0 Å². The van der Waals surface area contributed by atoms with Crippen molar-refractivity contribution in [1.29, 1.82) is 0 Å². The smallest absolute Gasteiger partial charge is 0.126 e. The van der Waals surface area contributed by atoms with Crippen LogP contribution in [0.5, 0.6) is 0 Å². The van der Waals surface area contributed by atoms with E-state index in [1.54, 1.807) is 13.0 Å². The molecule has 0 aromatic heterocycles. The zero-order chi connectivity index (χ0) is 13.0. The van der Waals surface area contributed by atoms with Gasteiger partial charge in [-0.15, -0.1) is 0 Å². The van der Waals surface area contributed by atoms with Crippen molar-refractivity contribution >= 4 is 5.71 Å². The molecule has 1 saturated heterocycles. The van der Waals surface area contributed by atoms with Crippen molar-refractivity contribution in [1.82, 2.24) is 0 Å². The number of oxime groups is 1. The van der Waals surface area contributed by atoms with Crippen molar-refractivity contribution in [3.8, 4) is 11.8 Å². The number of hydrogen-bond donors (Lipinski definition) is 1. The van der Waals surface area contributed by atoms with Gasteiger partial charge in [-0.05, 0) is 44.3 Å². The maximum atomic E-state index is 12.8. The molecule has 1 heterocycles. The molecule has 3 atom stereocenters. The monoisotopic (exact) mass is 249 g/mol. The Morgan fingerprint density at radius 1 is 1.56 bits per heavy atom. The van der Waals surface area contributed by atoms with Crippen LogP contribution in [0.25, 0.3) is 0 Å². The first-order valence-electron chi connectivity index (χ1n) is 6.08. The predicted octanol–water partition coefficient (Wildman–Crippen LogP) is 2.82. The molecule has 1 N–H and O–H groups in total. The van der Waals surface area contributed by atoms with Crippen LogP contribution in [-0.4, -0.2) is 23.1 Å². The largest absolute Gasteiger partial charge is 0.410 e. The first kappa shape index (κ1) is 12.8. The van der Waals surface area contributed by atoms with Gasteiger partial charge in [-0.2, -0.15) is 0 Å². The van der Waals surface area contributed by atoms with Gasteiger partial charge in [-0.25, -0.2) is 4.39 Å². The summed E-state index contributed by atoms with van der Waals surface area (Å²) in [6, 6.07) is 0. The maximum absolute atomic E-state index is 12.8. The highest BCUT2D eigenvalue weighted by atomic mass is 19.1. The Morgan fingerprint density at radius 2 is 2.39 bits per heavy atom. The first-order chi connectivity index (χ1) is 8.69. The molecule has 3 unspecified atom stereocenters. The molecule has 0 saturated carbocycles. The summed E-state index contributed by atoms with van der Waals surface area (Å²) >= 11 is 0. The number of halogens is 1. The second-order valence-corrected chi connectivity index (χ2v) is 4.54. The zero-order valence-corrected chi connectivity index (χ0v) is 10.3. The van der Waals surface area contributed by atoms with E-state index in [9.17, 15) is 4.39 Å². The summed E-state index contributed by atoms with van der Waals surface area (Å²) in [5.74, 6) is 5.74. The van der Waals surface area contributed by atoms with Crippen molar-refractivity contribution in [3.05, 3.63) is 24.1 Å². The van der Waals surface area contributed by atoms with Crippen LogP contribution < -0.4 is 0 Å². The molecule has 3 nitrogen and oxygen atoms in total. The molecule has 2 rings (SSSR count). The van der Waals surface area contributed by atoms with E-state index in [1.165, 1.54) is 6.08 Å². The standard InChI is InChI=1S/C14H16FNO2/c1-10(16-17)2-7-13-8-9-14(18-13)11-3-5-12(15)6-4-11/h3,5-6,11,13-14,17H,4,8-9H2,1H3/b16-10-. The first-order valence-corrected chi connectivity index (χ1v) is 6.08. The fraction of sp³-hybridized carbons (Fsp3) is 0.500. The summed E-state index contributed by atoms with van der Waals surface area (Å²) in [6.07, 6.45) is 7.44. The van der Waals surface area contributed by atoms with Gasteiger partial charge >= 0.3 is 0 Å². The van der Waals surface area contributed by atoms with Crippen molar-refractivity contribution in [2.45, 2.75) is 38.4 Å². The van der Waals surface area contributed by atoms with Gasteiger partial charge in [0.1, 0.15) is 17.6 Å². The molecule has 96 valence electrons. The van der Waals surface area contributed by atoms with Gasteiger partial charge in [0.25, 0.3) is 0 Å². The van der Waals surface area contributed by atoms with Crippen LogP contribution in [0.2, 0.25) is 0 Å². The summed E-state index contributed by atoms with van der Waals surface area (Å²) in [4.78, 5) is 0. The molecule has 4 heteroatoms. The Balaban J connectivity index is 1.89. The maximum Gasteiger partial charge on any atom is 0.126 e. The summed E-state index contributed by atoms with van der Waals surface area (Å²) in [5, 5.41) is 11.5.